The Morgan fingerprint density at radius 2 is 2.20 bits per heavy atom. The van der Waals surface area contributed by atoms with E-state index in [9.17, 15) is 4.79 Å². The molecule has 1 aliphatic rings. The normalized spacial score (nSPS) is 32.2. The predicted molar refractivity (Wildman–Crippen MR) is 38.6 cm³/mol. The van der Waals surface area contributed by atoms with Crippen LogP contribution < -0.4 is 0 Å². The van der Waals surface area contributed by atoms with Gasteiger partial charge >= 0.3 is 5.97 Å². The standard InChI is InChI=1S/C8H14O2/c1-6-4-3-5-8(6)10-7(2)9/h6,8H,3-5H2,1-2H3/t6-,8-/m0/s1. The second-order valence-corrected chi connectivity index (χ2v) is 3.06. The van der Waals surface area contributed by atoms with E-state index in [-0.39, 0.29) is 12.1 Å². The minimum Gasteiger partial charge on any atom is -0.462 e. The van der Waals surface area contributed by atoms with Crippen LogP contribution in [0.15, 0.2) is 0 Å². The lowest BCUT2D eigenvalue weighted by molar-refractivity contribution is -0.147. The van der Waals surface area contributed by atoms with Crippen molar-refractivity contribution in [1.29, 1.82) is 0 Å². The summed E-state index contributed by atoms with van der Waals surface area (Å²) in [5.74, 6) is 0.433. The molecule has 0 bridgehead atoms. The molecule has 1 rings (SSSR count). The molecule has 0 saturated heterocycles. The Kier molecular flexibility index (Phi) is 2.30. The van der Waals surface area contributed by atoms with Crippen LogP contribution in [0, 0.1) is 5.92 Å². The lowest BCUT2D eigenvalue weighted by Crippen LogP contribution is -2.18. The molecule has 2 atom stereocenters. The summed E-state index contributed by atoms with van der Waals surface area (Å²) >= 11 is 0. The molecule has 2 heteroatoms. The van der Waals surface area contributed by atoms with Gasteiger partial charge in [0.1, 0.15) is 6.10 Å². The fourth-order valence-corrected chi connectivity index (χ4v) is 1.50. The zero-order chi connectivity index (χ0) is 7.56. The van der Waals surface area contributed by atoms with E-state index in [4.69, 9.17) is 4.74 Å². The fourth-order valence-electron chi connectivity index (χ4n) is 1.50. The molecule has 0 heterocycles. The van der Waals surface area contributed by atoms with Gasteiger partial charge in [-0.3, -0.25) is 4.79 Å². The lowest BCUT2D eigenvalue weighted by atomic mass is 10.1. The summed E-state index contributed by atoms with van der Waals surface area (Å²) in [5, 5.41) is 0. The minimum absolute atomic E-state index is 0.140. The highest BCUT2D eigenvalue weighted by atomic mass is 16.5. The molecule has 10 heavy (non-hydrogen) atoms. The smallest absolute Gasteiger partial charge is 0.302 e. The number of carbonyl (C=O) groups excluding carboxylic acids is 1. The van der Waals surface area contributed by atoms with Gasteiger partial charge in [-0.2, -0.15) is 0 Å². The van der Waals surface area contributed by atoms with Crippen LogP contribution in [-0.2, 0) is 9.53 Å². The summed E-state index contributed by atoms with van der Waals surface area (Å²) in [7, 11) is 0. The van der Waals surface area contributed by atoms with E-state index >= 15 is 0 Å². The average Bonchev–Trinajstić information content (AvgIpc) is 2.15. The van der Waals surface area contributed by atoms with Crippen LogP contribution in [0.25, 0.3) is 0 Å². The number of ether oxygens (including phenoxy) is 1. The first kappa shape index (κ1) is 7.58. The van der Waals surface area contributed by atoms with Crippen LogP contribution in [0.2, 0.25) is 0 Å². The van der Waals surface area contributed by atoms with Gasteiger partial charge in [-0.25, -0.2) is 0 Å². The number of rotatable bonds is 1. The van der Waals surface area contributed by atoms with Crippen molar-refractivity contribution in [2.24, 2.45) is 5.92 Å². The van der Waals surface area contributed by atoms with Crippen molar-refractivity contribution in [3.05, 3.63) is 0 Å². The van der Waals surface area contributed by atoms with Crippen LogP contribution in [0.4, 0.5) is 0 Å². The molecule has 2 nitrogen and oxygen atoms in total. The third-order valence-corrected chi connectivity index (χ3v) is 2.10. The highest BCUT2D eigenvalue weighted by Gasteiger charge is 2.25. The molecule has 0 aromatic carbocycles. The maximum Gasteiger partial charge on any atom is 0.302 e. The first-order valence-corrected chi connectivity index (χ1v) is 3.87. The van der Waals surface area contributed by atoms with E-state index in [1.165, 1.54) is 19.8 Å². The molecule has 0 aliphatic heterocycles. The molecule has 0 spiro atoms. The van der Waals surface area contributed by atoms with Crippen molar-refractivity contribution in [3.63, 3.8) is 0 Å². The molecule has 0 unspecified atom stereocenters. The van der Waals surface area contributed by atoms with Gasteiger partial charge in [0.2, 0.25) is 0 Å². The molecule has 58 valence electrons. The molecule has 0 aromatic rings. The molecule has 0 aromatic heterocycles. The quantitative estimate of drug-likeness (QED) is 0.521. The van der Waals surface area contributed by atoms with Crippen LogP contribution in [0.3, 0.4) is 0 Å². The number of hydrogen-bond acceptors (Lipinski definition) is 2. The van der Waals surface area contributed by atoms with Gasteiger partial charge in [0.25, 0.3) is 0 Å². The number of carbonyl (C=O) groups is 1. The molecule has 0 N–H and O–H groups in total. The van der Waals surface area contributed by atoms with Gasteiger partial charge in [-0.1, -0.05) is 6.92 Å². The van der Waals surface area contributed by atoms with E-state index in [0.717, 1.165) is 6.42 Å². The third-order valence-electron chi connectivity index (χ3n) is 2.10. The maximum atomic E-state index is 10.5. The molecule has 0 radical (unpaired) electrons. The van der Waals surface area contributed by atoms with E-state index < -0.39 is 0 Å². The van der Waals surface area contributed by atoms with Crippen LogP contribution in [-0.4, -0.2) is 12.1 Å². The van der Waals surface area contributed by atoms with Crippen molar-refractivity contribution in [2.75, 3.05) is 0 Å². The summed E-state index contributed by atoms with van der Waals surface area (Å²) < 4.78 is 5.08. The molecule has 0 amide bonds. The van der Waals surface area contributed by atoms with E-state index in [0.29, 0.717) is 5.92 Å². The first-order valence-electron chi connectivity index (χ1n) is 3.87. The molecule has 1 saturated carbocycles. The Hall–Kier alpha value is -0.530. The fraction of sp³-hybridized carbons (Fsp3) is 0.875. The van der Waals surface area contributed by atoms with E-state index in [1.54, 1.807) is 0 Å². The minimum atomic E-state index is -0.140. The summed E-state index contributed by atoms with van der Waals surface area (Å²) in [6, 6.07) is 0. The topological polar surface area (TPSA) is 26.3 Å². The molecular weight excluding hydrogens is 128 g/mol. The van der Waals surface area contributed by atoms with Crippen molar-refractivity contribution < 1.29 is 9.53 Å². The van der Waals surface area contributed by atoms with Gasteiger partial charge in [-0.15, -0.1) is 0 Å². The highest BCUT2D eigenvalue weighted by molar-refractivity contribution is 5.66. The van der Waals surface area contributed by atoms with Gasteiger partial charge in [0, 0.05) is 6.92 Å². The van der Waals surface area contributed by atoms with Gasteiger partial charge < -0.3 is 4.74 Å². The van der Waals surface area contributed by atoms with Crippen molar-refractivity contribution in [2.45, 2.75) is 39.2 Å². The largest absolute Gasteiger partial charge is 0.462 e. The lowest BCUT2D eigenvalue weighted by Gasteiger charge is -2.14. The SMILES string of the molecule is CC(=O)O[C@H]1CCC[C@@H]1C. The Bertz CT molecular complexity index is 131. The van der Waals surface area contributed by atoms with Crippen molar-refractivity contribution >= 4 is 5.97 Å². The average molecular weight is 142 g/mol. The first-order chi connectivity index (χ1) is 4.70. The molecule has 1 fully saturated rings. The molecule has 1 aliphatic carbocycles. The Labute approximate surface area is 61.6 Å². The summed E-state index contributed by atoms with van der Waals surface area (Å²) in [4.78, 5) is 10.5. The van der Waals surface area contributed by atoms with Crippen LogP contribution in [0.1, 0.15) is 33.1 Å². The van der Waals surface area contributed by atoms with Crippen molar-refractivity contribution in [1.82, 2.24) is 0 Å². The highest BCUT2D eigenvalue weighted by Crippen LogP contribution is 2.27. The number of esters is 1. The van der Waals surface area contributed by atoms with Crippen LogP contribution >= 0.6 is 0 Å². The van der Waals surface area contributed by atoms with Gasteiger partial charge in [0.05, 0.1) is 0 Å². The summed E-state index contributed by atoms with van der Waals surface area (Å²) in [6.07, 6.45) is 3.68. The van der Waals surface area contributed by atoms with Gasteiger partial charge in [0.15, 0.2) is 0 Å². The Morgan fingerprint density at radius 3 is 2.60 bits per heavy atom. The Balaban J connectivity index is 2.33. The zero-order valence-corrected chi connectivity index (χ0v) is 6.59. The maximum absolute atomic E-state index is 10.5. The van der Waals surface area contributed by atoms with Crippen molar-refractivity contribution in [3.8, 4) is 0 Å². The number of hydrogen-bond donors (Lipinski definition) is 0. The third kappa shape index (κ3) is 1.72. The molecular formula is C8H14O2. The Morgan fingerprint density at radius 1 is 1.50 bits per heavy atom. The second-order valence-electron chi connectivity index (χ2n) is 3.06. The monoisotopic (exact) mass is 142 g/mol. The van der Waals surface area contributed by atoms with Crippen LogP contribution in [0.5, 0.6) is 0 Å². The second kappa shape index (κ2) is 3.04. The van der Waals surface area contributed by atoms with E-state index in [1.807, 2.05) is 0 Å². The summed E-state index contributed by atoms with van der Waals surface area (Å²) in [5.41, 5.74) is 0. The van der Waals surface area contributed by atoms with E-state index in [2.05, 4.69) is 6.92 Å². The predicted octanol–water partition coefficient (Wildman–Crippen LogP) is 1.74. The summed E-state index contributed by atoms with van der Waals surface area (Å²) in [6.45, 7) is 3.62. The zero-order valence-electron chi connectivity index (χ0n) is 6.59. The van der Waals surface area contributed by atoms with Gasteiger partial charge in [-0.05, 0) is 25.2 Å².